The van der Waals surface area contributed by atoms with Crippen molar-refractivity contribution < 1.29 is 33.0 Å². The molecule has 8 nitrogen and oxygen atoms in total. The van der Waals surface area contributed by atoms with Crippen LogP contribution in [0.3, 0.4) is 0 Å². The van der Waals surface area contributed by atoms with Crippen molar-refractivity contribution in [2.75, 3.05) is 26.8 Å². The van der Waals surface area contributed by atoms with Crippen molar-refractivity contribution in [3.05, 3.63) is 52.0 Å². The maximum Gasteiger partial charge on any atom is 0.325 e. The summed E-state index contributed by atoms with van der Waals surface area (Å²) < 4.78 is 23.1. The fourth-order valence-corrected chi connectivity index (χ4v) is 2.65. The first kappa shape index (κ1) is 21.0. The van der Waals surface area contributed by atoms with E-state index in [1.165, 1.54) is 30.6 Å². The number of halogens is 1. The molecule has 0 bridgehead atoms. The molecule has 0 fully saturated rings. The third-order valence-corrected chi connectivity index (χ3v) is 4.29. The first-order valence-electron chi connectivity index (χ1n) is 8.01. The lowest BCUT2D eigenvalue weighted by molar-refractivity contribution is -0.142. The molecule has 2 aromatic rings. The third kappa shape index (κ3) is 6.16. The molecular weight excluding hydrogens is 391 g/mol. The van der Waals surface area contributed by atoms with Gasteiger partial charge in [-0.15, -0.1) is 11.3 Å². The number of hydrogen-bond acceptors (Lipinski definition) is 7. The summed E-state index contributed by atoms with van der Waals surface area (Å²) in [5.74, 6) is -3.17. The van der Waals surface area contributed by atoms with Crippen molar-refractivity contribution in [3.63, 3.8) is 0 Å². The van der Waals surface area contributed by atoms with E-state index in [9.17, 15) is 23.6 Å². The second-order valence-corrected chi connectivity index (χ2v) is 6.32. The minimum absolute atomic E-state index is 0.0116. The van der Waals surface area contributed by atoms with Gasteiger partial charge in [0, 0.05) is 5.56 Å². The van der Waals surface area contributed by atoms with Crippen LogP contribution in [0.25, 0.3) is 0 Å². The summed E-state index contributed by atoms with van der Waals surface area (Å²) in [5.41, 5.74) is 0.0198. The van der Waals surface area contributed by atoms with Crippen LogP contribution in [0.1, 0.15) is 20.0 Å². The summed E-state index contributed by atoms with van der Waals surface area (Å²) in [5, 5.41) is 6.39. The van der Waals surface area contributed by atoms with E-state index in [1.54, 1.807) is 17.5 Å². The SMILES string of the molecule is COc1ccc(C(=O)COC(=O)CNC(=O)CNC(=O)c2cccs2)cc1F. The number of carbonyl (C=O) groups excluding carboxylic acids is 4. The second-order valence-electron chi connectivity index (χ2n) is 5.37. The van der Waals surface area contributed by atoms with Crippen LogP contribution < -0.4 is 15.4 Å². The van der Waals surface area contributed by atoms with E-state index in [4.69, 9.17) is 9.47 Å². The minimum atomic E-state index is -0.847. The van der Waals surface area contributed by atoms with Crippen molar-refractivity contribution in [2.24, 2.45) is 0 Å². The molecule has 0 aliphatic carbocycles. The molecule has 0 saturated heterocycles. The Kier molecular flexibility index (Phi) is 7.64. The molecule has 0 aliphatic rings. The van der Waals surface area contributed by atoms with Crippen LogP contribution in [0.5, 0.6) is 5.75 Å². The van der Waals surface area contributed by atoms with Gasteiger partial charge in [-0.2, -0.15) is 0 Å². The normalized spacial score (nSPS) is 10.1. The lowest BCUT2D eigenvalue weighted by atomic mass is 10.1. The summed E-state index contributed by atoms with van der Waals surface area (Å²) in [6, 6.07) is 6.93. The fourth-order valence-electron chi connectivity index (χ4n) is 2.01. The van der Waals surface area contributed by atoms with Crippen molar-refractivity contribution in [2.45, 2.75) is 0 Å². The molecule has 0 unspecified atom stereocenters. The topological polar surface area (TPSA) is 111 Å². The van der Waals surface area contributed by atoms with Crippen molar-refractivity contribution in [1.29, 1.82) is 0 Å². The van der Waals surface area contributed by atoms with Gasteiger partial charge in [0.25, 0.3) is 5.91 Å². The molecule has 2 rings (SSSR count). The summed E-state index contributed by atoms with van der Waals surface area (Å²) >= 11 is 1.23. The second kappa shape index (κ2) is 10.2. The number of ketones is 1. The molecule has 28 heavy (non-hydrogen) atoms. The average Bonchev–Trinajstić information content (AvgIpc) is 3.23. The first-order valence-corrected chi connectivity index (χ1v) is 8.89. The first-order chi connectivity index (χ1) is 13.4. The van der Waals surface area contributed by atoms with E-state index < -0.39 is 42.5 Å². The molecule has 2 amide bonds. The Hall–Kier alpha value is -3.27. The van der Waals surface area contributed by atoms with Crippen LogP contribution in [-0.4, -0.2) is 50.4 Å². The van der Waals surface area contributed by atoms with Crippen LogP contribution in [0.4, 0.5) is 4.39 Å². The van der Waals surface area contributed by atoms with E-state index >= 15 is 0 Å². The molecule has 10 heteroatoms. The Bertz CT molecular complexity index is 869. The molecular formula is C18H17FN2O6S. The molecule has 1 aromatic carbocycles. The third-order valence-electron chi connectivity index (χ3n) is 3.42. The highest BCUT2D eigenvalue weighted by Crippen LogP contribution is 2.18. The number of ether oxygens (including phenoxy) is 2. The molecule has 1 aromatic heterocycles. The summed E-state index contributed by atoms with van der Waals surface area (Å²) in [6.07, 6.45) is 0. The van der Waals surface area contributed by atoms with Gasteiger partial charge in [0.1, 0.15) is 6.54 Å². The molecule has 0 spiro atoms. The Labute approximate surface area is 163 Å². The van der Waals surface area contributed by atoms with Crippen molar-refractivity contribution >= 4 is 34.9 Å². The molecule has 0 aliphatic heterocycles. The van der Waals surface area contributed by atoms with E-state index in [0.29, 0.717) is 4.88 Å². The monoisotopic (exact) mass is 408 g/mol. The van der Waals surface area contributed by atoms with Gasteiger partial charge in [0.15, 0.2) is 24.0 Å². The quantitative estimate of drug-likeness (QED) is 0.476. The minimum Gasteiger partial charge on any atom is -0.494 e. The number of benzene rings is 1. The summed E-state index contributed by atoms with van der Waals surface area (Å²) in [6.45, 7) is -1.39. The highest BCUT2D eigenvalue weighted by molar-refractivity contribution is 7.12. The van der Waals surface area contributed by atoms with Gasteiger partial charge in [-0.05, 0) is 29.6 Å². The summed E-state index contributed by atoms with van der Waals surface area (Å²) in [7, 11) is 1.30. The van der Waals surface area contributed by atoms with Crippen LogP contribution in [0.2, 0.25) is 0 Å². The predicted octanol–water partition coefficient (Wildman–Crippen LogP) is 1.17. The Morgan fingerprint density at radius 2 is 1.89 bits per heavy atom. The Morgan fingerprint density at radius 3 is 2.54 bits per heavy atom. The molecule has 1 heterocycles. The highest BCUT2D eigenvalue weighted by Gasteiger charge is 2.14. The highest BCUT2D eigenvalue weighted by atomic mass is 32.1. The van der Waals surface area contributed by atoms with Gasteiger partial charge in [-0.1, -0.05) is 6.07 Å². The zero-order chi connectivity index (χ0) is 20.5. The lowest BCUT2D eigenvalue weighted by Crippen LogP contribution is -2.39. The lowest BCUT2D eigenvalue weighted by Gasteiger charge is -2.08. The van der Waals surface area contributed by atoms with Gasteiger partial charge >= 0.3 is 5.97 Å². The number of rotatable bonds is 9. The molecule has 148 valence electrons. The number of esters is 1. The Balaban J connectivity index is 1.69. The summed E-state index contributed by atoms with van der Waals surface area (Å²) in [4.78, 5) is 47.3. The Morgan fingerprint density at radius 1 is 1.11 bits per heavy atom. The van der Waals surface area contributed by atoms with Gasteiger partial charge in [0.05, 0.1) is 18.5 Å². The number of methoxy groups -OCH3 is 1. The molecule has 0 atom stereocenters. The van der Waals surface area contributed by atoms with Crippen LogP contribution in [0, 0.1) is 5.82 Å². The van der Waals surface area contributed by atoms with Gasteiger partial charge in [-0.3, -0.25) is 19.2 Å². The zero-order valence-electron chi connectivity index (χ0n) is 14.8. The van der Waals surface area contributed by atoms with E-state index in [2.05, 4.69) is 10.6 Å². The van der Waals surface area contributed by atoms with Crippen LogP contribution in [0.15, 0.2) is 35.7 Å². The van der Waals surface area contributed by atoms with Gasteiger partial charge < -0.3 is 20.1 Å². The van der Waals surface area contributed by atoms with Crippen molar-refractivity contribution in [1.82, 2.24) is 10.6 Å². The van der Waals surface area contributed by atoms with Crippen LogP contribution >= 0.6 is 11.3 Å². The number of thiophene rings is 1. The average molecular weight is 408 g/mol. The predicted molar refractivity (Wildman–Crippen MR) is 97.9 cm³/mol. The number of hydrogen-bond donors (Lipinski definition) is 2. The molecule has 0 saturated carbocycles. The van der Waals surface area contributed by atoms with E-state index in [-0.39, 0.29) is 17.9 Å². The van der Waals surface area contributed by atoms with Gasteiger partial charge in [-0.25, -0.2) is 4.39 Å². The van der Waals surface area contributed by atoms with Crippen molar-refractivity contribution in [3.8, 4) is 5.75 Å². The van der Waals surface area contributed by atoms with Gasteiger partial charge in [0.2, 0.25) is 5.91 Å². The maximum absolute atomic E-state index is 13.6. The smallest absolute Gasteiger partial charge is 0.325 e. The number of Topliss-reactive ketones (excluding diaryl/α,β-unsaturated/α-hetero) is 1. The number of carbonyl (C=O) groups is 4. The molecule has 2 N–H and O–H groups in total. The zero-order valence-corrected chi connectivity index (χ0v) is 15.6. The fraction of sp³-hybridized carbons (Fsp3) is 0.222. The molecule has 0 radical (unpaired) electrons. The largest absolute Gasteiger partial charge is 0.494 e. The van der Waals surface area contributed by atoms with E-state index in [0.717, 1.165) is 6.07 Å². The van der Waals surface area contributed by atoms with Crippen LogP contribution in [-0.2, 0) is 14.3 Å². The number of nitrogens with one attached hydrogen (secondary N) is 2. The van der Waals surface area contributed by atoms with E-state index in [1.807, 2.05) is 0 Å². The maximum atomic E-state index is 13.6. The standard InChI is InChI=1S/C18H17FN2O6S/c1-26-14-5-4-11(7-12(14)19)13(22)10-27-17(24)9-20-16(23)8-21-18(25)15-3-2-6-28-15/h2-7H,8-10H2,1H3,(H,20,23)(H,21,25). The number of amides is 2.